The van der Waals surface area contributed by atoms with Crippen LogP contribution in [0.25, 0.3) is 0 Å². The molecule has 98 valence electrons. The molecule has 1 aliphatic rings. The van der Waals surface area contributed by atoms with E-state index in [4.69, 9.17) is 9.88 Å². The molecule has 0 unspecified atom stereocenters. The van der Waals surface area contributed by atoms with Crippen molar-refractivity contribution in [2.45, 2.75) is 30.8 Å². The Morgan fingerprint density at radius 2 is 2.06 bits per heavy atom. The molecular formula is C11H14N2O4S. The Balaban J connectivity index is 2.52. The maximum atomic E-state index is 11.7. The molecule has 0 radical (unpaired) electrons. The average Bonchev–Trinajstić information content (AvgIpc) is 2.27. The van der Waals surface area contributed by atoms with Crippen LogP contribution in [0.1, 0.15) is 20.3 Å². The number of amides is 1. The monoisotopic (exact) mass is 270 g/mol. The molecule has 0 aromatic heterocycles. The lowest BCUT2D eigenvalue weighted by molar-refractivity contribution is -0.118. The van der Waals surface area contributed by atoms with E-state index < -0.39 is 15.6 Å². The number of sulfonamides is 1. The van der Waals surface area contributed by atoms with E-state index in [1.165, 1.54) is 18.2 Å². The first kappa shape index (κ1) is 12.8. The lowest BCUT2D eigenvalue weighted by Gasteiger charge is -2.23. The fraction of sp³-hybridized carbons (Fsp3) is 0.364. The van der Waals surface area contributed by atoms with Gasteiger partial charge in [-0.2, -0.15) is 0 Å². The molecule has 0 fully saturated rings. The molecular weight excluding hydrogens is 256 g/mol. The van der Waals surface area contributed by atoms with Gasteiger partial charge in [-0.25, -0.2) is 13.6 Å². The SMILES string of the molecule is CC1(C)CC(=O)Nc2cc(S(N)(=O)=O)ccc2O1. The summed E-state index contributed by atoms with van der Waals surface area (Å²) in [5, 5.41) is 7.64. The molecule has 1 heterocycles. The molecule has 0 spiro atoms. The van der Waals surface area contributed by atoms with E-state index in [2.05, 4.69) is 5.32 Å². The second kappa shape index (κ2) is 3.96. The van der Waals surface area contributed by atoms with Gasteiger partial charge in [0.05, 0.1) is 17.0 Å². The van der Waals surface area contributed by atoms with Gasteiger partial charge in [-0.3, -0.25) is 4.79 Å². The summed E-state index contributed by atoms with van der Waals surface area (Å²) in [5.74, 6) is 0.198. The highest BCUT2D eigenvalue weighted by molar-refractivity contribution is 7.89. The van der Waals surface area contributed by atoms with Crippen molar-refractivity contribution in [1.82, 2.24) is 0 Å². The summed E-state index contributed by atoms with van der Waals surface area (Å²) >= 11 is 0. The van der Waals surface area contributed by atoms with Crippen molar-refractivity contribution in [3.63, 3.8) is 0 Å². The van der Waals surface area contributed by atoms with Gasteiger partial charge in [0.2, 0.25) is 15.9 Å². The van der Waals surface area contributed by atoms with E-state index >= 15 is 0 Å². The van der Waals surface area contributed by atoms with E-state index in [1.807, 2.05) is 0 Å². The van der Waals surface area contributed by atoms with Crippen molar-refractivity contribution in [3.8, 4) is 5.75 Å². The van der Waals surface area contributed by atoms with Gasteiger partial charge < -0.3 is 10.1 Å². The van der Waals surface area contributed by atoms with Crippen molar-refractivity contribution < 1.29 is 17.9 Å². The summed E-state index contributed by atoms with van der Waals surface area (Å²) in [5.41, 5.74) is -0.324. The highest BCUT2D eigenvalue weighted by Gasteiger charge is 2.29. The molecule has 0 bridgehead atoms. The zero-order valence-electron chi connectivity index (χ0n) is 10.1. The van der Waals surface area contributed by atoms with Crippen molar-refractivity contribution in [3.05, 3.63) is 18.2 Å². The predicted molar refractivity (Wildman–Crippen MR) is 65.8 cm³/mol. The minimum Gasteiger partial charge on any atom is -0.485 e. The van der Waals surface area contributed by atoms with Crippen LogP contribution < -0.4 is 15.2 Å². The Bertz CT molecular complexity index is 607. The first-order valence-corrected chi connectivity index (χ1v) is 6.88. The summed E-state index contributed by atoms with van der Waals surface area (Å²) in [4.78, 5) is 11.6. The summed E-state index contributed by atoms with van der Waals surface area (Å²) in [7, 11) is -3.80. The van der Waals surface area contributed by atoms with E-state index in [9.17, 15) is 13.2 Å². The lowest BCUT2D eigenvalue weighted by Crippen LogP contribution is -2.30. The third-order valence-electron chi connectivity index (χ3n) is 2.53. The van der Waals surface area contributed by atoms with Gasteiger partial charge in [-0.15, -0.1) is 0 Å². The Labute approximate surface area is 105 Å². The Hall–Kier alpha value is -1.60. The Kier molecular flexibility index (Phi) is 2.83. The molecule has 1 aromatic carbocycles. The average molecular weight is 270 g/mol. The molecule has 6 nitrogen and oxygen atoms in total. The molecule has 2 rings (SSSR count). The van der Waals surface area contributed by atoms with Crippen LogP contribution in [0.3, 0.4) is 0 Å². The van der Waals surface area contributed by atoms with Crippen LogP contribution in [0.15, 0.2) is 23.1 Å². The number of hydrogen-bond donors (Lipinski definition) is 2. The van der Waals surface area contributed by atoms with Crippen LogP contribution in [-0.4, -0.2) is 19.9 Å². The number of ether oxygens (including phenoxy) is 1. The van der Waals surface area contributed by atoms with Crippen LogP contribution in [0, 0.1) is 0 Å². The number of nitrogens with two attached hydrogens (primary N) is 1. The van der Waals surface area contributed by atoms with Gasteiger partial charge >= 0.3 is 0 Å². The van der Waals surface area contributed by atoms with E-state index in [0.29, 0.717) is 11.4 Å². The third-order valence-corrected chi connectivity index (χ3v) is 3.44. The lowest BCUT2D eigenvalue weighted by atomic mass is 10.1. The molecule has 0 atom stereocenters. The number of hydrogen-bond acceptors (Lipinski definition) is 4. The number of carbonyl (C=O) groups is 1. The minimum absolute atomic E-state index is 0.0649. The largest absolute Gasteiger partial charge is 0.485 e. The van der Waals surface area contributed by atoms with Crippen molar-refractivity contribution in [2.75, 3.05) is 5.32 Å². The highest BCUT2D eigenvalue weighted by Crippen LogP contribution is 2.34. The van der Waals surface area contributed by atoms with Crippen LogP contribution in [-0.2, 0) is 14.8 Å². The zero-order chi connectivity index (χ0) is 13.6. The molecule has 18 heavy (non-hydrogen) atoms. The minimum atomic E-state index is -3.80. The Morgan fingerprint density at radius 3 is 2.67 bits per heavy atom. The fourth-order valence-corrected chi connectivity index (χ4v) is 2.33. The Morgan fingerprint density at radius 1 is 1.39 bits per heavy atom. The summed E-state index contributed by atoms with van der Waals surface area (Å²) in [6.07, 6.45) is 0.187. The number of rotatable bonds is 1. The van der Waals surface area contributed by atoms with Gasteiger partial charge in [-0.05, 0) is 32.0 Å². The maximum absolute atomic E-state index is 11.7. The molecule has 1 amide bonds. The number of primary sulfonamides is 1. The smallest absolute Gasteiger partial charge is 0.238 e. The second-order valence-corrected chi connectivity index (χ2v) is 6.35. The zero-order valence-corrected chi connectivity index (χ0v) is 10.9. The summed E-state index contributed by atoms with van der Waals surface area (Å²) in [6, 6.07) is 4.13. The molecule has 3 N–H and O–H groups in total. The van der Waals surface area contributed by atoms with E-state index in [0.717, 1.165) is 0 Å². The van der Waals surface area contributed by atoms with Crippen LogP contribution in [0.4, 0.5) is 5.69 Å². The normalized spacial score (nSPS) is 18.3. The molecule has 1 aromatic rings. The number of carbonyl (C=O) groups excluding carboxylic acids is 1. The number of nitrogens with one attached hydrogen (secondary N) is 1. The number of fused-ring (bicyclic) bond motifs is 1. The molecule has 1 aliphatic heterocycles. The topological polar surface area (TPSA) is 98.5 Å². The standard InChI is InChI=1S/C11H14N2O4S/c1-11(2)6-10(14)13-8-5-7(18(12,15)16)3-4-9(8)17-11/h3-5H,6H2,1-2H3,(H,13,14)(H2,12,15,16). The molecule has 0 saturated heterocycles. The first-order chi connectivity index (χ1) is 8.17. The van der Waals surface area contributed by atoms with Gasteiger partial charge in [0.1, 0.15) is 11.4 Å². The quantitative estimate of drug-likeness (QED) is 0.789. The molecule has 0 saturated carbocycles. The van der Waals surface area contributed by atoms with Crippen LogP contribution in [0.2, 0.25) is 0 Å². The maximum Gasteiger partial charge on any atom is 0.238 e. The van der Waals surface area contributed by atoms with Crippen molar-refractivity contribution >= 4 is 21.6 Å². The fourth-order valence-electron chi connectivity index (χ4n) is 1.79. The van der Waals surface area contributed by atoms with E-state index in [1.54, 1.807) is 13.8 Å². The van der Waals surface area contributed by atoms with Crippen LogP contribution in [0.5, 0.6) is 5.75 Å². The van der Waals surface area contributed by atoms with Gasteiger partial charge in [0, 0.05) is 0 Å². The molecule has 0 aliphatic carbocycles. The number of benzene rings is 1. The van der Waals surface area contributed by atoms with Crippen molar-refractivity contribution in [1.29, 1.82) is 0 Å². The second-order valence-electron chi connectivity index (χ2n) is 4.79. The van der Waals surface area contributed by atoms with Gasteiger partial charge in [0.15, 0.2) is 0 Å². The number of anilines is 1. The predicted octanol–water partition coefficient (Wildman–Crippen LogP) is 0.834. The molecule has 7 heteroatoms. The van der Waals surface area contributed by atoms with E-state index in [-0.39, 0.29) is 17.2 Å². The summed E-state index contributed by atoms with van der Waals surface area (Å²) in [6.45, 7) is 3.57. The third kappa shape index (κ3) is 2.62. The van der Waals surface area contributed by atoms with Crippen molar-refractivity contribution in [2.24, 2.45) is 5.14 Å². The summed E-state index contributed by atoms with van der Waals surface area (Å²) < 4.78 is 28.1. The highest BCUT2D eigenvalue weighted by atomic mass is 32.2. The first-order valence-electron chi connectivity index (χ1n) is 5.33. The van der Waals surface area contributed by atoms with Gasteiger partial charge in [0.25, 0.3) is 0 Å². The van der Waals surface area contributed by atoms with Gasteiger partial charge in [-0.1, -0.05) is 0 Å². The van der Waals surface area contributed by atoms with Crippen LogP contribution >= 0.6 is 0 Å².